The summed E-state index contributed by atoms with van der Waals surface area (Å²) in [6, 6.07) is -7.46. The number of carboxylic acids is 3. The standard InChI is InChI=1S/C24H40N6O12/c1-10(18(33)28-12(3)22(37)38)27-21(36)15(7-5-6-14(25)23(39)40)29-17(32)9-8-16(24(41)42)30-19(34)11(2)26-20(35)13(4)31/h10-16,31H,5-9,25H2,1-4H3,(H,26,35)(H,27,36)(H,28,33)(H,29,32)(H,30,34)(H,37,38)(H,39,40)(H,41,42)/p+1/t10-,11+,12-,13-,14-,15+,16-/m1/s1. The van der Waals surface area contributed by atoms with Crippen LogP contribution in [0.2, 0.25) is 0 Å². The van der Waals surface area contributed by atoms with Gasteiger partial charge < -0.3 is 52.7 Å². The fourth-order valence-corrected chi connectivity index (χ4v) is 3.24. The van der Waals surface area contributed by atoms with Gasteiger partial charge in [0.2, 0.25) is 29.5 Å². The van der Waals surface area contributed by atoms with E-state index in [0.717, 1.165) is 0 Å². The SMILES string of the molecule is C[C@H](NC(=O)[C@@H](C)O)C(=O)N[C@H](CCC(=O)N[C@@H](CCC[C@@H]([NH3+])C(=O)O)C(=O)N[C@H](C)C(=O)N[C@H](C)C(=O)O)C(=O)O. The lowest BCUT2D eigenvalue weighted by Crippen LogP contribution is -2.64. The Morgan fingerprint density at radius 3 is 1.55 bits per heavy atom. The van der Waals surface area contributed by atoms with Gasteiger partial charge >= 0.3 is 17.9 Å². The number of hydrogen-bond acceptors (Lipinski definition) is 9. The van der Waals surface area contributed by atoms with Crippen LogP contribution in [0.25, 0.3) is 0 Å². The average molecular weight is 606 g/mol. The van der Waals surface area contributed by atoms with Crippen LogP contribution in [0.1, 0.15) is 59.8 Å². The molecular formula is C24H41N6O12+. The van der Waals surface area contributed by atoms with Crippen LogP contribution < -0.4 is 32.3 Å². The van der Waals surface area contributed by atoms with E-state index in [4.69, 9.17) is 10.2 Å². The average Bonchev–Trinajstić information content (AvgIpc) is 2.89. The lowest BCUT2D eigenvalue weighted by atomic mass is 10.0. The van der Waals surface area contributed by atoms with Crippen molar-refractivity contribution >= 4 is 47.4 Å². The van der Waals surface area contributed by atoms with Gasteiger partial charge in [-0.05, 0) is 47.0 Å². The molecule has 5 amide bonds. The van der Waals surface area contributed by atoms with Crippen molar-refractivity contribution in [3.05, 3.63) is 0 Å². The Morgan fingerprint density at radius 2 is 1.07 bits per heavy atom. The summed E-state index contributed by atoms with van der Waals surface area (Å²) in [5, 5.41) is 47.9. The zero-order chi connectivity index (χ0) is 32.7. The summed E-state index contributed by atoms with van der Waals surface area (Å²) in [7, 11) is 0. The predicted molar refractivity (Wildman–Crippen MR) is 141 cm³/mol. The third-order valence-corrected chi connectivity index (χ3v) is 5.93. The quantitative estimate of drug-likeness (QED) is 0.0668. The van der Waals surface area contributed by atoms with E-state index < -0.39 is 103 Å². The highest BCUT2D eigenvalue weighted by atomic mass is 16.4. The first-order valence-electron chi connectivity index (χ1n) is 13.1. The second kappa shape index (κ2) is 18.2. The molecule has 0 saturated heterocycles. The Balaban J connectivity index is 5.36. The normalized spacial score (nSPS) is 15.8. The number of aliphatic carboxylic acids is 3. The monoisotopic (exact) mass is 605 g/mol. The van der Waals surface area contributed by atoms with Crippen LogP contribution in [0.3, 0.4) is 0 Å². The van der Waals surface area contributed by atoms with E-state index in [0.29, 0.717) is 0 Å². The summed E-state index contributed by atoms with van der Waals surface area (Å²) < 4.78 is 0. The zero-order valence-corrected chi connectivity index (χ0v) is 23.8. The molecule has 7 atom stereocenters. The number of carboxylic acid groups (broad SMARTS) is 3. The molecule has 0 aliphatic carbocycles. The number of carbonyl (C=O) groups is 8. The van der Waals surface area contributed by atoms with Gasteiger partial charge in [-0.1, -0.05) is 0 Å². The van der Waals surface area contributed by atoms with E-state index in [1.807, 2.05) is 0 Å². The smallest absolute Gasteiger partial charge is 0.362 e. The first-order valence-corrected chi connectivity index (χ1v) is 13.1. The van der Waals surface area contributed by atoms with Gasteiger partial charge in [0.15, 0.2) is 6.04 Å². The van der Waals surface area contributed by atoms with Gasteiger partial charge in [-0.3, -0.25) is 28.8 Å². The van der Waals surface area contributed by atoms with Crippen molar-refractivity contribution in [3.8, 4) is 0 Å². The zero-order valence-electron chi connectivity index (χ0n) is 23.8. The largest absolute Gasteiger partial charge is 0.480 e. The van der Waals surface area contributed by atoms with E-state index in [1.165, 1.54) is 27.7 Å². The Bertz CT molecular complexity index is 1020. The third-order valence-electron chi connectivity index (χ3n) is 5.93. The van der Waals surface area contributed by atoms with E-state index in [9.17, 15) is 48.6 Å². The van der Waals surface area contributed by atoms with Crippen LogP contribution >= 0.6 is 0 Å². The van der Waals surface area contributed by atoms with Crippen molar-refractivity contribution in [2.75, 3.05) is 0 Å². The molecule has 0 aromatic heterocycles. The number of hydrogen-bond donors (Lipinski definition) is 10. The number of quaternary nitrogens is 1. The van der Waals surface area contributed by atoms with Crippen LogP contribution in [0.4, 0.5) is 0 Å². The lowest BCUT2D eigenvalue weighted by molar-refractivity contribution is -0.409. The van der Waals surface area contributed by atoms with Crippen LogP contribution in [0.5, 0.6) is 0 Å². The Kier molecular flexibility index (Phi) is 16.3. The number of aliphatic hydroxyl groups excluding tert-OH is 1. The Morgan fingerprint density at radius 1 is 0.571 bits per heavy atom. The molecule has 0 heterocycles. The topological polar surface area (TPSA) is 305 Å². The molecule has 42 heavy (non-hydrogen) atoms. The summed E-state index contributed by atoms with van der Waals surface area (Å²) in [6.07, 6.45) is -2.19. The van der Waals surface area contributed by atoms with E-state index in [1.54, 1.807) is 0 Å². The van der Waals surface area contributed by atoms with Gasteiger partial charge in [0.05, 0.1) is 0 Å². The van der Waals surface area contributed by atoms with Gasteiger partial charge in [0, 0.05) is 12.8 Å². The molecule has 12 N–H and O–H groups in total. The molecule has 0 aromatic carbocycles. The highest BCUT2D eigenvalue weighted by Crippen LogP contribution is 2.07. The minimum Gasteiger partial charge on any atom is -0.480 e. The van der Waals surface area contributed by atoms with Crippen LogP contribution in [-0.2, 0) is 38.4 Å². The summed E-state index contributed by atoms with van der Waals surface area (Å²) in [5.74, 6) is -8.15. The van der Waals surface area contributed by atoms with E-state index in [2.05, 4.69) is 32.3 Å². The first-order chi connectivity index (χ1) is 19.4. The molecule has 238 valence electrons. The molecule has 0 bridgehead atoms. The summed E-state index contributed by atoms with van der Waals surface area (Å²) >= 11 is 0. The molecule has 0 saturated carbocycles. The molecular weight excluding hydrogens is 564 g/mol. The van der Waals surface area contributed by atoms with Gasteiger partial charge in [-0.25, -0.2) is 9.59 Å². The number of rotatable bonds is 19. The summed E-state index contributed by atoms with van der Waals surface area (Å²) in [5.41, 5.74) is 3.47. The second-order valence-electron chi connectivity index (χ2n) is 9.73. The van der Waals surface area contributed by atoms with Crippen molar-refractivity contribution in [1.82, 2.24) is 26.6 Å². The maximum absolute atomic E-state index is 12.9. The van der Waals surface area contributed by atoms with Crippen molar-refractivity contribution in [2.24, 2.45) is 0 Å². The molecule has 0 aliphatic rings. The van der Waals surface area contributed by atoms with Crippen LogP contribution in [0.15, 0.2) is 0 Å². The van der Waals surface area contributed by atoms with Crippen LogP contribution in [0, 0.1) is 0 Å². The van der Waals surface area contributed by atoms with Gasteiger partial charge in [-0.2, -0.15) is 0 Å². The summed E-state index contributed by atoms with van der Waals surface area (Å²) in [6.45, 7) is 4.93. The fraction of sp³-hybridized carbons (Fsp3) is 0.667. The van der Waals surface area contributed by atoms with E-state index >= 15 is 0 Å². The number of nitrogens with one attached hydrogen (secondary N) is 5. The molecule has 18 nitrogen and oxygen atoms in total. The van der Waals surface area contributed by atoms with E-state index in [-0.39, 0.29) is 19.3 Å². The van der Waals surface area contributed by atoms with Gasteiger partial charge in [0.25, 0.3) is 0 Å². The first kappa shape index (κ1) is 37.7. The molecule has 0 radical (unpaired) electrons. The molecule has 0 aliphatic heterocycles. The minimum absolute atomic E-state index is 0.0536. The van der Waals surface area contributed by atoms with Crippen molar-refractivity contribution in [2.45, 2.75) is 102 Å². The predicted octanol–water partition coefficient (Wildman–Crippen LogP) is -4.33. The maximum atomic E-state index is 12.9. The third kappa shape index (κ3) is 14.4. The molecule has 0 aromatic rings. The highest BCUT2D eigenvalue weighted by molar-refractivity contribution is 5.93. The maximum Gasteiger partial charge on any atom is 0.362 e. The molecule has 0 unspecified atom stereocenters. The molecule has 18 heteroatoms. The molecule has 0 rings (SSSR count). The summed E-state index contributed by atoms with van der Waals surface area (Å²) in [4.78, 5) is 95.2. The Labute approximate surface area is 241 Å². The second-order valence-corrected chi connectivity index (χ2v) is 9.73. The number of amides is 5. The Hall–Kier alpha value is -4.32. The highest BCUT2D eigenvalue weighted by Gasteiger charge is 2.29. The van der Waals surface area contributed by atoms with Gasteiger partial charge in [0.1, 0.15) is 36.3 Å². The fourth-order valence-electron chi connectivity index (χ4n) is 3.24. The van der Waals surface area contributed by atoms with Crippen molar-refractivity contribution in [1.29, 1.82) is 0 Å². The molecule has 0 fully saturated rings. The van der Waals surface area contributed by atoms with Crippen LogP contribution in [-0.4, -0.2) is 110 Å². The van der Waals surface area contributed by atoms with Crippen molar-refractivity contribution in [3.63, 3.8) is 0 Å². The number of carbonyl (C=O) groups excluding carboxylic acids is 5. The van der Waals surface area contributed by atoms with Crippen molar-refractivity contribution < 1.29 is 64.5 Å². The van der Waals surface area contributed by atoms with Gasteiger partial charge in [-0.15, -0.1) is 0 Å². The lowest BCUT2D eigenvalue weighted by Gasteiger charge is -2.22. The minimum atomic E-state index is -1.55. The molecule has 0 spiro atoms. The number of aliphatic hydroxyl groups is 1.